The van der Waals surface area contributed by atoms with Gasteiger partial charge in [-0.15, -0.1) is 0 Å². The van der Waals surface area contributed by atoms with Gasteiger partial charge in [-0.25, -0.2) is 0 Å². The van der Waals surface area contributed by atoms with Crippen LogP contribution in [-0.2, 0) is 34.1 Å². The summed E-state index contributed by atoms with van der Waals surface area (Å²) in [6.07, 6.45) is 0. The molecule has 4 heteroatoms. The van der Waals surface area contributed by atoms with Gasteiger partial charge in [-0.05, 0) is 0 Å². The van der Waals surface area contributed by atoms with Crippen molar-refractivity contribution in [1.29, 1.82) is 0 Å². The fourth-order valence-electron chi connectivity index (χ4n) is 0. The monoisotopic (exact) mass is 272 g/mol. The van der Waals surface area contributed by atoms with Gasteiger partial charge in [-0.2, -0.15) is 0 Å². The molecular formula is Fe2Se2. The van der Waals surface area contributed by atoms with E-state index in [9.17, 15) is 0 Å². The van der Waals surface area contributed by atoms with Gasteiger partial charge in [0.25, 0.3) is 0 Å². The van der Waals surface area contributed by atoms with Gasteiger partial charge in [0.1, 0.15) is 0 Å². The average molecular weight is 270 g/mol. The SMILES string of the molecule is [Fe].[Fe].[Se].[Se]. The van der Waals surface area contributed by atoms with Crippen molar-refractivity contribution in [3.05, 3.63) is 0 Å². The summed E-state index contributed by atoms with van der Waals surface area (Å²) < 4.78 is 0. The maximum Gasteiger partial charge on any atom is 0 e. The Morgan fingerprint density at radius 1 is 0.500 bits per heavy atom. The Kier molecular flexibility index (Phi) is 177. The summed E-state index contributed by atoms with van der Waals surface area (Å²) in [7, 11) is 0. The van der Waals surface area contributed by atoms with Crippen molar-refractivity contribution in [3.63, 3.8) is 0 Å². The van der Waals surface area contributed by atoms with E-state index in [1.54, 1.807) is 0 Å². The molecule has 0 atom stereocenters. The van der Waals surface area contributed by atoms with Crippen LogP contribution in [0.4, 0.5) is 0 Å². The minimum absolute atomic E-state index is 0. The molecule has 4 radical (unpaired) electrons. The number of rotatable bonds is 0. The van der Waals surface area contributed by atoms with Gasteiger partial charge in [0.2, 0.25) is 0 Å². The topological polar surface area (TPSA) is 0 Å². The van der Waals surface area contributed by atoms with Crippen LogP contribution in [0.15, 0.2) is 0 Å². The van der Waals surface area contributed by atoms with Crippen molar-refractivity contribution >= 4 is 34.1 Å². The van der Waals surface area contributed by atoms with Crippen LogP contribution in [0.3, 0.4) is 0 Å². The zero-order valence-corrected chi connectivity index (χ0v) is 7.16. The molecular weight excluding hydrogens is 270 g/mol. The molecule has 4 heavy (non-hydrogen) atoms. The van der Waals surface area contributed by atoms with Crippen molar-refractivity contribution in [2.45, 2.75) is 0 Å². The second kappa shape index (κ2) is 19.6. The molecule has 0 bridgehead atoms. The van der Waals surface area contributed by atoms with Crippen molar-refractivity contribution in [3.8, 4) is 0 Å². The number of hydrogen-bond acceptors (Lipinski definition) is 0. The molecule has 28 valence electrons. The van der Waals surface area contributed by atoms with Gasteiger partial charge in [-0.1, -0.05) is 0 Å². The fourth-order valence-corrected chi connectivity index (χ4v) is 0. The van der Waals surface area contributed by atoms with Crippen LogP contribution in [0.25, 0.3) is 0 Å². The van der Waals surface area contributed by atoms with Crippen molar-refractivity contribution in [1.82, 2.24) is 0 Å². The van der Waals surface area contributed by atoms with E-state index in [2.05, 4.69) is 0 Å². The first kappa shape index (κ1) is 36.3. The fraction of sp³-hybridized carbons (Fsp3) is 0. The van der Waals surface area contributed by atoms with E-state index in [0.717, 1.165) is 0 Å². The smallest absolute Gasteiger partial charge is 0 e. The van der Waals surface area contributed by atoms with Crippen LogP contribution in [-0.4, -0.2) is 34.1 Å². The second-order valence-corrected chi connectivity index (χ2v) is 0. The van der Waals surface area contributed by atoms with Gasteiger partial charge >= 0.3 is 0 Å². The normalized spacial score (nSPS) is 0. The Bertz CT molecular complexity index is 4.00. The predicted molar refractivity (Wildman–Crippen MR) is 11.5 cm³/mol. The molecule has 0 saturated carbocycles. The molecule has 0 nitrogen and oxygen atoms in total. The zero-order chi connectivity index (χ0) is 0. The minimum Gasteiger partial charge on any atom is 0 e. The summed E-state index contributed by atoms with van der Waals surface area (Å²) in [6.45, 7) is 0. The minimum atomic E-state index is 0. The van der Waals surface area contributed by atoms with Gasteiger partial charge in [0, 0.05) is 68.3 Å². The van der Waals surface area contributed by atoms with Gasteiger partial charge < -0.3 is 0 Å². The summed E-state index contributed by atoms with van der Waals surface area (Å²) >= 11 is 0. The molecule has 0 fully saturated rings. The quantitative estimate of drug-likeness (QED) is 0.507. The Balaban J connectivity index is 0. The standard InChI is InChI=1S/2Fe.2Se. The third-order valence-corrected chi connectivity index (χ3v) is 0. The molecule has 0 spiro atoms. The summed E-state index contributed by atoms with van der Waals surface area (Å²) in [5.41, 5.74) is 0. The van der Waals surface area contributed by atoms with E-state index in [-0.39, 0.29) is 68.3 Å². The molecule has 0 rings (SSSR count). The van der Waals surface area contributed by atoms with E-state index in [1.165, 1.54) is 0 Å². The molecule has 0 amide bonds. The van der Waals surface area contributed by atoms with Crippen molar-refractivity contribution in [2.75, 3.05) is 0 Å². The second-order valence-electron chi connectivity index (χ2n) is 0. The Morgan fingerprint density at radius 2 is 0.500 bits per heavy atom. The molecule has 0 aromatic rings. The van der Waals surface area contributed by atoms with Gasteiger partial charge in [0.15, 0.2) is 0 Å². The van der Waals surface area contributed by atoms with E-state index in [4.69, 9.17) is 0 Å². The Morgan fingerprint density at radius 3 is 0.500 bits per heavy atom. The largest absolute Gasteiger partial charge is 0 e. The predicted octanol–water partition coefficient (Wildman–Crippen LogP) is -0.767. The van der Waals surface area contributed by atoms with Crippen molar-refractivity contribution < 1.29 is 34.1 Å². The Hall–Kier alpha value is 2.08. The molecule has 0 aliphatic carbocycles. The molecule has 0 N–H and O–H groups in total. The van der Waals surface area contributed by atoms with E-state index >= 15 is 0 Å². The van der Waals surface area contributed by atoms with Crippen LogP contribution >= 0.6 is 0 Å². The first-order chi connectivity index (χ1) is 0. The van der Waals surface area contributed by atoms with Crippen LogP contribution in [0.2, 0.25) is 0 Å². The summed E-state index contributed by atoms with van der Waals surface area (Å²) in [6, 6.07) is 0. The molecule has 0 aliphatic heterocycles. The first-order valence-corrected chi connectivity index (χ1v) is 0. The third-order valence-electron chi connectivity index (χ3n) is 0. The van der Waals surface area contributed by atoms with Gasteiger partial charge in [0.05, 0.1) is 0 Å². The number of hydrogen-bond donors (Lipinski definition) is 0. The molecule has 0 saturated heterocycles. The van der Waals surface area contributed by atoms with Gasteiger partial charge in [-0.3, -0.25) is 0 Å². The molecule has 0 aliphatic rings. The summed E-state index contributed by atoms with van der Waals surface area (Å²) in [5, 5.41) is 0. The van der Waals surface area contributed by atoms with Crippen LogP contribution < -0.4 is 0 Å². The van der Waals surface area contributed by atoms with E-state index < -0.39 is 0 Å². The molecule has 0 aromatic heterocycles. The molecule has 0 aromatic carbocycles. The summed E-state index contributed by atoms with van der Waals surface area (Å²) in [5.74, 6) is 0. The zero-order valence-electron chi connectivity index (χ0n) is 1.52. The maximum absolute atomic E-state index is 0. The van der Waals surface area contributed by atoms with E-state index in [1.807, 2.05) is 0 Å². The Labute approximate surface area is 67.8 Å². The van der Waals surface area contributed by atoms with Crippen molar-refractivity contribution in [2.24, 2.45) is 0 Å². The van der Waals surface area contributed by atoms with E-state index in [0.29, 0.717) is 0 Å². The summed E-state index contributed by atoms with van der Waals surface area (Å²) in [4.78, 5) is 0. The third kappa shape index (κ3) is 8.95. The van der Waals surface area contributed by atoms with Crippen LogP contribution in [0.1, 0.15) is 0 Å². The van der Waals surface area contributed by atoms with Crippen LogP contribution in [0.5, 0.6) is 0 Å². The molecule has 0 unspecified atom stereocenters. The van der Waals surface area contributed by atoms with Crippen LogP contribution in [0, 0.1) is 0 Å². The average Bonchev–Trinajstić information content (AvgIpc) is 0. The molecule has 0 heterocycles. The first-order valence-electron chi connectivity index (χ1n) is 0. The maximum atomic E-state index is 0.